The molecule has 1 aromatic heterocycles. The summed E-state index contributed by atoms with van der Waals surface area (Å²) in [4.78, 5) is 12.2. The van der Waals surface area contributed by atoms with Gasteiger partial charge in [0.05, 0.1) is 7.11 Å². The third-order valence-electron chi connectivity index (χ3n) is 4.32. The van der Waals surface area contributed by atoms with E-state index in [4.69, 9.17) is 4.74 Å². The fraction of sp³-hybridized carbons (Fsp3) is 0.250. The Kier molecular flexibility index (Phi) is 5.43. The van der Waals surface area contributed by atoms with Gasteiger partial charge in [0.1, 0.15) is 5.75 Å². The summed E-state index contributed by atoms with van der Waals surface area (Å²) < 4.78 is 8.41. The van der Waals surface area contributed by atoms with Crippen LogP contribution in [0, 0.1) is 0 Å². The zero-order valence-corrected chi connectivity index (χ0v) is 16.0. The second-order valence-corrected chi connectivity index (χ2v) is 6.93. The molecule has 0 bridgehead atoms. The van der Waals surface area contributed by atoms with Crippen LogP contribution in [-0.2, 0) is 24.8 Å². The Bertz CT molecular complexity index is 902. The first-order valence-electron chi connectivity index (χ1n) is 8.20. The number of hydrogen-bond donors (Lipinski definition) is 1. The van der Waals surface area contributed by atoms with Gasteiger partial charge in [-0.1, -0.05) is 34.1 Å². The summed E-state index contributed by atoms with van der Waals surface area (Å²) in [6, 6.07) is 14.0. The number of ether oxygens (including phenoxy) is 1. The van der Waals surface area contributed by atoms with Crippen molar-refractivity contribution < 1.29 is 9.53 Å². The molecule has 1 N–H and O–H groups in total. The lowest BCUT2D eigenvalue weighted by atomic mass is 10.1. The molecule has 1 heterocycles. The van der Waals surface area contributed by atoms with E-state index in [-0.39, 0.29) is 5.91 Å². The van der Waals surface area contributed by atoms with Gasteiger partial charge in [-0.15, -0.1) is 0 Å². The SMILES string of the molecule is COc1ccc(Br)cc1CNC(=O)CCc1cn(C)c2ccccc12. The highest BCUT2D eigenvalue weighted by molar-refractivity contribution is 9.10. The standard InChI is InChI=1S/C20H21BrN2O2/c1-23-13-14(17-5-3-4-6-18(17)23)7-10-20(24)22-12-15-11-16(21)8-9-19(15)25-2/h3-6,8-9,11,13H,7,10,12H2,1-2H3,(H,22,24). The van der Waals surface area contributed by atoms with Crippen LogP contribution >= 0.6 is 15.9 Å². The summed E-state index contributed by atoms with van der Waals surface area (Å²) in [6.45, 7) is 0.455. The van der Waals surface area contributed by atoms with Crippen molar-refractivity contribution in [1.82, 2.24) is 9.88 Å². The highest BCUT2D eigenvalue weighted by Gasteiger charge is 2.10. The minimum absolute atomic E-state index is 0.0370. The number of nitrogens with one attached hydrogen (secondary N) is 1. The molecule has 0 atom stereocenters. The van der Waals surface area contributed by atoms with E-state index in [1.54, 1.807) is 7.11 Å². The molecule has 0 unspecified atom stereocenters. The Balaban J connectivity index is 1.61. The van der Waals surface area contributed by atoms with Crippen LogP contribution in [0.1, 0.15) is 17.5 Å². The Morgan fingerprint density at radius 1 is 1.20 bits per heavy atom. The fourth-order valence-corrected chi connectivity index (χ4v) is 3.45. The largest absolute Gasteiger partial charge is 0.496 e. The molecule has 0 aliphatic heterocycles. The lowest BCUT2D eigenvalue weighted by Gasteiger charge is -2.10. The number of para-hydroxylation sites is 1. The molecule has 1 amide bonds. The number of carbonyl (C=O) groups is 1. The molecule has 0 spiro atoms. The molecule has 2 aromatic carbocycles. The van der Waals surface area contributed by atoms with Gasteiger partial charge in [0.25, 0.3) is 0 Å². The Labute approximate surface area is 155 Å². The van der Waals surface area contributed by atoms with Crippen molar-refractivity contribution >= 4 is 32.7 Å². The summed E-state index contributed by atoms with van der Waals surface area (Å²) in [5.41, 5.74) is 3.35. The van der Waals surface area contributed by atoms with Gasteiger partial charge in [0, 0.05) is 47.1 Å². The molecular formula is C20H21BrN2O2. The molecule has 130 valence electrons. The van der Waals surface area contributed by atoms with E-state index in [0.717, 1.165) is 22.2 Å². The summed E-state index contributed by atoms with van der Waals surface area (Å²) in [5.74, 6) is 0.813. The van der Waals surface area contributed by atoms with Crippen LogP contribution in [0.2, 0.25) is 0 Å². The summed E-state index contributed by atoms with van der Waals surface area (Å²) in [6.07, 6.45) is 3.29. The van der Waals surface area contributed by atoms with Crippen LogP contribution in [0.3, 0.4) is 0 Å². The first-order chi connectivity index (χ1) is 12.1. The van der Waals surface area contributed by atoms with Gasteiger partial charge in [0.2, 0.25) is 5.91 Å². The highest BCUT2D eigenvalue weighted by Crippen LogP contribution is 2.23. The van der Waals surface area contributed by atoms with Crippen LogP contribution < -0.4 is 10.1 Å². The quantitative estimate of drug-likeness (QED) is 0.673. The molecule has 5 heteroatoms. The van der Waals surface area contributed by atoms with Gasteiger partial charge in [0.15, 0.2) is 0 Å². The number of halogens is 1. The third kappa shape index (κ3) is 4.04. The van der Waals surface area contributed by atoms with E-state index in [0.29, 0.717) is 13.0 Å². The zero-order chi connectivity index (χ0) is 17.8. The molecule has 3 rings (SSSR count). The number of benzene rings is 2. The fourth-order valence-electron chi connectivity index (χ4n) is 3.04. The zero-order valence-electron chi connectivity index (χ0n) is 14.4. The van der Waals surface area contributed by atoms with Gasteiger partial charge < -0.3 is 14.6 Å². The van der Waals surface area contributed by atoms with Crippen LogP contribution in [0.25, 0.3) is 10.9 Å². The average Bonchev–Trinajstić information content (AvgIpc) is 2.95. The monoisotopic (exact) mass is 400 g/mol. The Morgan fingerprint density at radius 2 is 2.00 bits per heavy atom. The van der Waals surface area contributed by atoms with Crippen molar-refractivity contribution in [3.05, 3.63) is 64.3 Å². The molecule has 25 heavy (non-hydrogen) atoms. The third-order valence-corrected chi connectivity index (χ3v) is 4.81. The van der Waals surface area contributed by atoms with Crippen molar-refractivity contribution in [3.63, 3.8) is 0 Å². The number of aryl methyl sites for hydroxylation is 2. The molecular weight excluding hydrogens is 380 g/mol. The molecule has 0 aliphatic rings. The smallest absolute Gasteiger partial charge is 0.220 e. The van der Waals surface area contributed by atoms with Crippen molar-refractivity contribution in [2.45, 2.75) is 19.4 Å². The number of hydrogen-bond acceptors (Lipinski definition) is 2. The topological polar surface area (TPSA) is 43.3 Å². The van der Waals surface area contributed by atoms with Crippen molar-refractivity contribution in [3.8, 4) is 5.75 Å². The van der Waals surface area contributed by atoms with E-state index >= 15 is 0 Å². The highest BCUT2D eigenvalue weighted by atomic mass is 79.9. The molecule has 3 aromatic rings. The van der Waals surface area contributed by atoms with Gasteiger partial charge in [-0.3, -0.25) is 4.79 Å². The van der Waals surface area contributed by atoms with Gasteiger partial charge >= 0.3 is 0 Å². The first kappa shape index (κ1) is 17.5. The van der Waals surface area contributed by atoms with Gasteiger partial charge in [-0.05, 0) is 36.2 Å². The van der Waals surface area contributed by atoms with Crippen molar-refractivity contribution in [2.75, 3.05) is 7.11 Å². The maximum absolute atomic E-state index is 12.2. The second-order valence-electron chi connectivity index (χ2n) is 6.02. The number of carbonyl (C=O) groups excluding carboxylic acids is 1. The Hall–Kier alpha value is -2.27. The normalized spacial score (nSPS) is 10.8. The molecule has 0 saturated carbocycles. The summed E-state index contributed by atoms with van der Waals surface area (Å²) in [5, 5.41) is 4.19. The predicted octanol–water partition coefficient (Wildman–Crippen LogP) is 4.20. The number of rotatable bonds is 6. The predicted molar refractivity (Wildman–Crippen MR) is 104 cm³/mol. The van der Waals surface area contributed by atoms with E-state index in [9.17, 15) is 4.79 Å². The van der Waals surface area contributed by atoms with E-state index < -0.39 is 0 Å². The van der Waals surface area contributed by atoms with E-state index in [1.807, 2.05) is 37.4 Å². The minimum atomic E-state index is 0.0370. The molecule has 0 saturated heterocycles. The van der Waals surface area contributed by atoms with Crippen molar-refractivity contribution in [1.29, 1.82) is 0 Å². The summed E-state index contributed by atoms with van der Waals surface area (Å²) in [7, 11) is 3.67. The summed E-state index contributed by atoms with van der Waals surface area (Å²) >= 11 is 3.45. The van der Waals surface area contributed by atoms with Crippen LogP contribution in [0.15, 0.2) is 53.1 Å². The van der Waals surface area contributed by atoms with E-state index in [2.05, 4.69) is 44.1 Å². The maximum atomic E-state index is 12.2. The minimum Gasteiger partial charge on any atom is -0.496 e. The number of aromatic nitrogens is 1. The lowest BCUT2D eigenvalue weighted by molar-refractivity contribution is -0.121. The average molecular weight is 401 g/mol. The van der Waals surface area contributed by atoms with Crippen LogP contribution in [-0.4, -0.2) is 17.6 Å². The maximum Gasteiger partial charge on any atom is 0.220 e. The van der Waals surface area contributed by atoms with E-state index in [1.165, 1.54) is 16.5 Å². The van der Waals surface area contributed by atoms with Gasteiger partial charge in [-0.2, -0.15) is 0 Å². The molecule has 0 fully saturated rings. The number of methoxy groups -OCH3 is 1. The number of fused-ring (bicyclic) bond motifs is 1. The van der Waals surface area contributed by atoms with Crippen LogP contribution in [0.4, 0.5) is 0 Å². The first-order valence-corrected chi connectivity index (χ1v) is 9.00. The molecule has 4 nitrogen and oxygen atoms in total. The molecule has 0 radical (unpaired) electrons. The van der Waals surface area contributed by atoms with Gasteiger partial charge in [-0.25, -0.2) is 0 Å². The number of amides is 1. The number of nitrogens with zero attached hydrogens (tertiary/aromatic N) is 1. The lowest BCUT2D eigenvalue weighted by Crippen LogP contribution is -2.23. The van der Waals surface area contributed by atoms with Crippen molar-refractivity contribution in [2.24, 2.45) is 7.05 Å². The second kappa shape index (κ2) is 7.74. The molecule has 0 aliphatic carbocycles. The Morgan fingerprint density at radius 3 is 2.80 bits per heavy atom. The van der Waals surface area contributed by atoms with Crippen LogP contribution in [0.5, 0.6) is 5.75 Å².